The van der Waals surface area contributed by atoms with Crippen LogP contribution in [0.25, 0.3) is 0 Å². The highest BCUT2D eigenvalue weighted by molar-refractivity contribution is 5.84. The summed E-state index contributed by atoms with van der Waals surface area (Å²) in [5, 5.41) is 12.0. The average Bonchev–Trinajstić information content (AvgIpc) is 2.55. The maximum absolute atomic E-state index is 11.8. The lowest BCUT2D eigenvalue weighted by Crippen LogP contribution is -2.45. The molecular weight excluding hydrogens is 332 g/mol. The number of hydrogen-bond acceptors (Lipinski definition) is 4. The molecule has 0 unspecified atom stereocenters. The Hall–Kier alpha value is -2.08. The van der Waals surface area contributed by atoms with E-state index in [1.807, 2.05) is 45.0 Å². The molecule has 0 spiro atoms. The number of hydrogen-bond donors (Lipinski definition) is 2. The highest BCUT2D eigenvalue weighted by atomic mass is 16.6. The van der Waals surface area contributed by atoms with Crippen LogP contribution in [0.3, 0.4) is 0 Å². The first-order valence-electron chi connectivity index (χ1n) is 9.30. The van der Waals surface area contributed by atoms with Gasteiger partial charge in [0, 0.05) is 5.69 Å². The van der Waals surface area contributed by atoms with Crippen LogP contribution >= 0.6 is 0 Å². The molecule has 0 radical (unpaired) electrons. The number of ether oxygens (including phenoxy) is 1. The minimum Gasteiger partial charge on any atom is -0.480 e. The van der Waals surface area contributed by atoms with E-state index in [9.17, 15) is 14.7 Å². The summed E-state index contributed by atoms with van der Waals surface area (Å²) in [5.41, 5.74) is 1.35. The van der Waals surface area contributed by atoms with Gasteiger partial charge in [-0.25, -0.2) is 4.79 Å². The number of benzene rings is 1. The van der Waals surface area contributed by atoms with Gasteiger partial charge in [0.2, 0.25) is 0 Å². The van der Waals surface area contributed by atoms with Gasteiger partial charge < -0.3 is 9.84 Å². The van der Waals surface area contributed by atoms with E-state index < -0.39 is 17.7 Å². The Morgan fingerprint density at radius 3 is 2.54 bits per heavy atom. The van der Waals surface area contributed by atoms with Crippen LogP contribution in [0.5, 0.6) is 0 Å². The maximum Gasteiger partial charge on any atom is 0.412 e. The lowest BCUT2D eigenvalue weighted by molar-refractivity contribution is -0.144. The molecule has 1 aliphatic rings. The van der Waals surface area contributed by atoms with E-state index in [0.29, 0.717) is 5.69 Å². The Morgan fingerprint density at radius 1 is 1.23 bits per heavy atom. The lowest BCUT2D eigenvalue weighted by Gasteiger charge is -2.32. The second-order valence-corrected chi connectivity index (χ2v) is 7.81. The van der Waals surface area contributed by atoms with Gasteiger partial charge in [-0.3, -0.25) is 15.0 Å². The predicted molar refractivity (Wildman–Crippen MR) is 101 cm³/mol. The fourth-order valence-electron chi connectivity index (χ4n) is 3.20. The van der Waals surface area contributed by atoms with E-state index in [2.05, 4.69) is 10.2 Å². The Morgan fingerprint density at radius 2 is 1.92 bits per heavy atom. The summed E-state index contributed by atoms with van der Waals surface area (Å²) >= 11 is 0. The largest absolute Gasteiger partial charge is 0.480 e. The molecule has 0 bridgehead atoms. The Balaban J connectivity index is 1.78. The third kappa shape index (κ3) is 6.67. The molecule has 1 aliphatic heterocycles. The van der Waals surface area contributed by atoms with E-state index in [-0.39, 0.29) is 6.04 Å². The molecular formula is C20H30N2O4. The SMILES string of the molecule is CC(C)(C)OC(=O)Nc1ccc(CCCN2CCCC[C@H]2C(=O)O)cc1. The van der Waals surface area contributed by atoms with Crippen LogP contribution in [-0.4, -0.2) is 46.8 Å². The third-order valence-electron chi connectivity index (χ3n) is 4.41. The van der Waals surface area contributed by atoms with Crippen molar-refractivity contribution >= 4 is 17.7 Å². The van der Waals surface area contributed by atoms with Crippen LogP contribution < -0.4 is 5.32 Å². The molecule has 26 heavy (non-hydrogen) atoms. The fourth-order valence-corrected chi connectivity index (χ4v) is 3.20. The van der Waals surface area contributed by atoms with Crippen molar-refractivity contribution in [2.45, 2.75) is 64.5 Å². The second-order valence-electron chi connectivity index (χ2n) is 7.81. The summed E-state index contributed by atoms with van der Waals surface area (Å²) in [6.07, 6.45) is 4.17. The smallest absolute Gasteiger partial charge is 0.412 e. The number of likely N-dealkylation sites (tertiary alicyclic amines) is 1. The Labute approximate surface area is 155 Å². The van der Waals surface area contributed by atoms with Crippen molar-refractivity contribution in [3.63, 3.8) is 0 Å². The van der Waals surface area contributed by atoms with E-state index in [1.165, 1.54) is 5.56 Å². The number of aliphatic carboxylic acids is 1. The van der Waals surface area contributed by atoms with Crippen molar-refractivity contribution in [2.24, 2.45) is 0 Å². The summed E-state index contributed by atoms with van der Waals surface area (Å²) in [7, 11) is 0. The topological polar surface area (TPSA) is 78.9 Å². The molecule has 1 aromatic carbocycles. The van der Waals surface area contributed by atoms with Crippen molar-refractivity contribution in [3.05, 3.63) is 29.8 Å². The van der Waals surface area contributed by atoms with Crippen molar-refractivity contribution in [1.29, 1.82) is 0 Å². The van der Waals surface area contributed by atoms with Gasteiger partial charge >= 0.3 is 12.1 Å². The summed E-state index contributed by atoms with van der Waals surface area (Å²) in [6.45, 7) is 7.15. The van der Waals surface area contributed by atoms with Crippen molar-refractivity contribution in [3.8, 4) is 0 Å². The van der Waals surface area contributed by atoms with E-state index in [4.69, 9.17) is 4.74 Å². The normalized spacial score (nSPS) is 18.3. The minimum absolute atomic E-state index is 0.329. The number of amides is 1. The van der Waals surface area contributed by atoms with E-state index in [1.54, 1.807) is 0 Å². The molecule has 6 heteroatoms. The van der Waals surface area contributed by atoms with Crippen LogP contribution in [0.15, 0.2) is 24.3 Å². The molecule has 2 rings (SSSR count). The Bertz CT molecular complexity index is 607. The minimum atomic E-state index is -0.706. The summed E-state index contributed by atoms with van der Waals surface area (Å²) in [6, 6.07) is 7.36. The quantitative estimate of drug-likeness (QED) is 0.802. The van der Waals surface area contributed by atoms with Crippen molar-refractivity contribution in [1.82, 2.24) is 4.90 Å². The van der Waals surface area contributed by atoms with Gasteiger partial charge in [-0.15, -0.1) is 0 Å². The van der Waals surface area contributed by atoms with E-state index in [0.717, 1.165) is 45.2 Å². The molecule has 0 saturated carbocycles. The molecule has 144 valence electrons. The predicted octanol–water partition coefficient (Wildman–Crippen LogP) is 3.91. The van der Waals surface area contributed by atoms with Gasteiger partial charge in [-0.05, 0) is 77.2 Å². The van der Waals surface area contributed by atoms with Gasteiger partial charge in [0.05, 0.1) is 0 Å². The summed E-state index contributed by atoms with van der Waals surface area (Å²) in [5.74, 6) is -0.706. The number of carboxylic acids is 1. The standard InChI is InChI=1S/C20H30N2O4/c1-20(2,3)26-19(25)21-16-11-9-15(10-12-16)7-6-14-22-13-5-4-8-17(22)18(23)24/h9-12,17H,4-8,13-14H2,1-3H3,(H,21,25)(H,23,24)/t17-/m0/s1. The van der Waals surface area contributed by atoms with Gasteiger partial charge in [-0.2, -0.15) is 0 Å². The molecule has 2 N–H and O–H groups in total. The lowest BCUT2D eigenvalue weighted by atomic mass is 10.0. The third-order valence-corrected chi connectivity index (χ3v) is 4.41. The second kappa shape index (κ2) is 9.03. The van der Waals surface area contributed by atoms with Gasteiger partial charge in [0.25, 0.3) is 0 Å². The molecule has 6 nitrogen and oxygen atoms in total. The van der Waals surface area contributed by atoms with E-state index >= 15 is 0 Å². The molecule has 0 aromatic heterocycles. The summed E-state index contributed by atoms with van der Waals surface area (Å²) in [4.78, 5) is 25.2. The highest BCUT2D eigenvalue weighted by Crippen LogP contribution is 2.18. The number of carbonyl (C=O) groups is 2. The molecule has 1 amide bonds. The number of nitrogens with zero attached hydrogens (tertiary/aromatic N) is 1. The van der Waals surface area contributed by atoms with Gasteiger partial charge in [0.15, 0.2) is 0 Å². The summed E-state index contributed by atoms with van der Waals surface area (Å²) < 4.78 is 5.23. The molecule has 1 aromatic rings. The molecule has 1 heterocycles. The number of piperidine rings is 1. The first-order valence-corrected chi connectivity index (χ1v) is 9.30. The first kappa shape index (κ1) is 20.2. The zero-order valence-corrected chi connectivity index (χ0v) is 16.0. The molecule has 1 saturated heterocycles. The van der Waals surface area contributed by atoms with Crippen LogP contribution in [0, 0.1) is 0 Å². The van der Waals surface area contributed by atoms with Crippen LogP contribution in [0.2, 0.25) is 0 Å². The number of carboxylic acid groups (broad SMARTS) is 1. The molecule has 1 atom stereocenters. The number of carbonyl (C=O) groups excluding carboxylic acids is 1. The first-order chi connectivity index (χ1) is 12.2. The van der Waals surface area contributed by atoms with Crippen molar-refractivity contribution < 1.29 is 19.4 Å². The van der Waals surface area contributed by atoms with Crippen LogP contribution in [0.1, 0.15) is 52.0 Å². The van der Waals surface area contributed by atoms with Crippen molar-refractivity contribution in [2.75, 3.05) is 18.4 Å². The molecule has 0 aliphatic carbocycles. The van der Waals surface area contributed by atoms with Crippen LogP contribution in [-0.2, 0) is 16.0 Å². The van der Waals surface area contributed by atoms with Crippen LogP contribution in [0.4, 0.5) is 10.5 Å². The van der Waals surface area contributed by atoms with Gasteiger partial charge in [0.1, 0.15) is 11.6 Å². The monoisotopic (exact) mass is 362 g/mol. The fraction of sp³-hybridized carbons (Fsp3) is 0.600. The number of aryl methyl sites for hydroxylation is 1. The average molecular weight is 362 g/mol. The zero-order chi connectivity index (χ0) is 19.2. The highest BCUT2D eigenvalue weighted by Gasteiger charge is 2.27. The maximum atomic E-state index is 11.8. The number of rotatable bonds is 6. The molecule has 1 fully saturated rings. The van der Waals surface area contributed by atoms with Gasteiger partial charge in [-0.1, -0.05) is 18.6 Å². The Kier molecular flexibility index (Phi) is 7.03. The number of anilines is 1. The number of nitrogens with one attached hydrogen (secondary N) is 1. The zero-order valence-electron chi connectivity index (χ0n) is 16.0.